The van der Waals surface area contributed by atoms with Crippen molar-refractivity contribution in [1.82, 2.24) is 4.90 Å². The van der Waals surface area contributed by atoms with Gasteiger partial charge in [-0.05, 0) is 32.6 Å². The first-order valence-corrected chi connectivity index (χ1v) is 6.08. The van der Waals surface area contributed by atoms with Crippen LogP contribution in [0.25, 0.3) is 0 Å². The molecule has 0 aromatic rings. The summed E-state index contributed by atoms with van der Waals surface area (Å²) in [7, 11) is 2.22. The molecule has 1 rings (SSSR count). The molecule has 2 N–H and O–H groups in total. The SMILES string of the molecule is CSCCN(C)C1CCC(N)C1. The average molecular weight is 188 g/mol. The minimum absolute atomic E-state index is 0.465. The number of rotatable bonds is 4. The van der Waals surface area contributed by atoms with Gasteiger partial charge in [0.05, 0.1) is 0 Å². The van der Waals surface area contributed by atoms with Crippen LogP contribution >= 0.6 is 11.8 Å². The molecule has 1 aliphatic rings. The maximum absolute atomic E-state index is 5.86. The van der Waals surface area contributed by atoms with E-state index < -0.39 is 0 Å². The zero-order chi connectivity index (χ0) is 8.97. The summed E-state index contributed by atoms with van der Waals surface area (Å²) in [5, 5.41) is 0. The van der Waals surface area contributed by atoms with Gasteiger partial charge >= 0.3 is 0 Å². The molecule has 72 valence electrons. The number of hydrogen-bond donors (Lipinski definition) is 1. The van der Waals surface area contributed by atoms with Crippen molar-refractivity contribution >= 4 is 11.8 Å². The van der Waals surface area contributed by atoms with Gasteiger partial charge in [-0.15, -0.1) is 0 Å². The predicted molar refractivity (Wildman–Crippen MR) is 56.6 cm³/mol. The van der Waals surface area contributed by atoms with Gasteiger partial charge in [-0.1, -0.05) is 0 Å². The van der Waals surface area contributed by atoms with E-state index in [4.69, 9.17) is 5.73 Å². The van der Waals surface area contributed by atoms with Crippen LogP contribution in [0.3, 0.4) is 0 Å². The summed E-state index contributed by atoms with van der Waals surface area (Å²) < 4.78 is 0. The normalized spacial score (nSPS) is 30.0. The van der Waals surface area contributed by atoms with Gasteiger partial charge in [-0.3, -0.25) is 0 Å². The monoisotopic (exact) mass is 188 g/mol. The summed E-state index contributed by atoms with van der Waals surface area (Å²) in [4.78, 5) is 2.46. The minimum Gasteiger partial charge on any atom is -0.328 e. The van der Waals surface area contributed by atoms with Crippen LogP contribution < -0.4 is 5.73 Å². The van der Waals surface area contributed by atoms with Gasteiger partial charge in [0.15, 0.2) is 0 Å². The first-order chi connectivity index (χ1) is 5.74. The molecule has 0 bridgehead atoms. The van der Waals surface area contributed by atoms with E-state index in [0.717, 1.165) is 6.04 Å². The second-order valence-corrected chi connectivity index (χ2v) is 4.69. The van der Waals surface area contributed by atoms with Crippen molar-refractivity contribution in [3.8, 4) is 0 Å². The summed E-state index contributed by atoms with van der Waals surface area (Å²) in [6.45, 7) is 1.21. The lowest BCUT2D eigenvalue weighted by Crippen LogP contribution is -2.32. The molecule has 0 aromatic carbocycles. The highest BCUT2D eigenvalue weighted by Gasteiger charge is 2.24. The minimum atomic E-state index is 0.465. The molecule has 0 amide bonds. The second-order valence-electron chi connectivity index (χ2n) is 3.70. The van der Waals surface area contributed by atoms with Gasteiger partial charge in [-0.25, -0.2) is 0 Å². The number of hydrogen-bond acceptors (Lipinski definition) is 3. The van der Waals surface area contributed by atoms with E-state index in [0.29, 0.717) is 6.04 Å². The topological polar surface area (TPSA) is 29.3 Å². The van der Waals surface area contributed by atoms with Crippen molar-refractivity contribution in [3.63, 3.8) is 0 Å². The van der Waals surface area contributed by atoms with Crippen LogP contribution in [-0.2, 0) is 0 Å². The molecule has 0 aromatic heterocycles. The van der Waals surface area contributed by atoms with Gasteiger partial charge < -0.3 is 10.6 Å². The Hall–Kier alpha value is 0.270. The van der Waals surface area contributed by atoms with Crippen LogP contribution in [0.4, 0.5) is 0 Å². The van der Waals surface area contributed by atoms with Crippen molar-refractivity contribution in [2.24, 2.45) is 5.73 Å². The Labute approximate surface area is 79.9 Å². The Balaban J connectivity index is 2.18. The molecular weight excluding hydrogens is 168 g/mol. The van der Waals surface area contributed by atoms with E-state index in [9.17, 15) is 0 Å². The Bertz CT molecular complexity index is 130. The lowest BCUT2D eigenvalue weighted by Gasteiger charge is -2.23. The van der Waals surface area contributed by atoms with Gasteiger partial charge in [0, 0.05) is 24.4 Å². The molecule has 2 unspecified atom stereocenters. The lowest BCUT2D eigenvalue weighted by atomic mass is 10.2. The smallest absolute Gasteiger partial charge is 0.0108 e. The highest BCUT2D eigenvalue weighted by molar-refractivity contribution is 7.98. The van der Waals surface area contributed by atoms with Gasteiger partial charge in [-0.2, -0.15) is 11.8 Å². The molecule has 1 aliphatic carbocycles. The first-order valence-electron chi connectivity index (χ1n) is 4.68. The van der Waals surface area contributed by atoms with E-state index in [1.807, 2.05) is 11.8 Å². The zero-order valence-corrected chi connectivity index (χ0v) is 8.94. The summed E-state index contributed by atoms with van der Waals surface area (Å²) in [5.74, 6) is 1.24. The van der Waals surface area contributed by atoms with Crippen molar-refractivity contribution in [1.29, 1.82) is 0 Å². The molecule has 1 saturated carbocycles. The molecule has 1 fully saturated rings. The maximum atomic E-state index is 5.86. The molecule has 0 radical (unpaired) electrons. The Kier molecular flexibility index (Phi) is 4.40. The Morgan fingerprint density at radius 1 is 1.50 bits per heavy atom. The van der Waals surface area contributed by atoms with Crippen molar-refractivity contribution in [3.05, 3.63) is 0 Å². The van der Waals surface area contributed by atoms with Crippen LogP contribution in [0.5, 0.6) is 0 Å². The zero-order valence-electron chi connectivity index (χ0n) is 8.12. The van der Waals surface area contributed by atoms with Gasteiger partial charge in [0.2, 0.25) is 0 Å². The second kappa shape index (κ2) is 5.10. The molecule has 0 saturated heterocycles. The van der Waals surface area contributed by atoms with Crippen molar-refractivity contribution < 1.29 is 0 Å². The highest BCUT2D eigenvalue weighted by Crippen LogP contribution is 2.21. The Morgan fingerprint density at radius 2 is 2.25 bits per heavy atom. The van der Waals surface area contributed by atoms with Crippen molar-refractivity contribution in [2.75, 3.05) is 25.6 Å². The predicted octanol–water partition coefficient (Wildman–Crippen LogP) is 1.16. The fourth-order valence-corrected chi connectivity index (χ4v) is 2.28. The fraction of sp³-hybridized carbons (Fsp3) is 1.00. The maximum Gasteiger partial charge on any atom is 0.0108 e. The molecule has 2 nitrogen and oxygen atoms in total. The van der Waals surface area contributed by atoms with Crippen LogP contribution in [0, 0.1) is 0 Å². The summed E-state index contributed by atoms with van der Waals surface area (Å²) >= 11 is 1.92. The van der Waals surface area contributed by atoms with E-state index in [2.05, 4.69) is 18.2 Å². The van der Waals surface area contributed by atoms with Gasteiger partial charge in [0.1, 0.15) is 0 Å². The fourth-order valence-electron chi connectivity index (χ4n) is 1.81. The molecule has 3 heteroatoms. The third-order valence-electron chi connectivity index (χ3n) is 2.72. The van der Waals surface area contributed by atoms with Gasteiger partial charge in [0.25, 0.3) is 0 Å². The summed E-state index contributed by atoms with van der Waals surface area (Å²) in [6.07, 6.45) is 5.87. The molecule has 0 spiro atoms. The van der Waals surface area contributed by atoms with Crippen LogP contribution in [0.2, 0.25) is 0 Å². The molecule has 0 aliphatic heterocycles. The molecule has 0 heterocycles. The standard InChI is InChI=1S/C9H20N2S/c1-11(5-6-12-2)9-4-3-8(10)7-9/h8-9H,3-7,10H2,1-2H3. The number of nitrogens with zero attached hydrogens (tertiary/aromatic N) is 1. The average Bonchev–Trinajstić information content (AvgIpc) is 2.47. The van der Waals surface area contributed by atoms with Crippen molar-refractivity contribution in [2.45, 2.75) is 31.3 Å². The van der Waals surface area contributed by atoms with E-state index >= 15 is 0 Å². The Morgan fingerprint density at radius 3 is 2.75 bits per heavy atom. The molecule has 12 heavy (non-hydrogen) atoms. The van der Waals surface area contributed by atoms with Crippen LogP contribution in [0.15, 0.2) is 0 Å². The third-order valence-corrected chi connectivity index (χ3v) is 3.31. The lowest BCUT2D eigenvalue weighted by molar-refractivity contribution is 0.258. The summed E-state index contributed by atoms with van der Waals surface area (Å²) in [5.41, 5.74) is 5.86. The largest absolute Gasteiger partial charge is 0.328 e. The number of nitrogens with two attached hydrogens (primary N) is 1. The quantitative estimate of drug-likeness (QED) is 0.718. The molecular formula is C9H20N2S. The highest BCUT2D eigenvalue weighted by atomic mass is 32.2. The summed E-state index contributed by atoms with van der Waals surface area (Å²) in [6, 6.07) is 1.22. The van der Waals surface area contributed by atoms with Crippen LogP contribution in [-0.4, -0.2) is 42.6 Å². The van der Waals surface area contributed by atoms with E-state index in [1.165, 1.54) is 31.6 Å². The number of thioether (sulfide) groups is 1. The third kappa shape index (κ3) is 2.96. The first kappa shape index (κ1) is 10.4. The van der Waals surface area contributed by atoms with Crippen LogP contribution in [0.1, 0.15) is 19.3 Å². The van der Waals surface area contributed by atoms with E-state index in [1.54, 1.807) is 0 Å². The van der Waals surface area contributed by atoms with E-state index in [-0.39, 0.29) is 0 Å². The molecule has 2 atom stereocenters.